The van der Waals surface area contributed by atoms with Gasteiger partial charge in [-0.25, -0.2) is 0 Å². The number of fused-ring (bicyclic) bond motifs is 2. The molecule has 5 rings (SSSR count). The van der Waals surface area contributed by atoms with Crippen molar-refractivity contribution in [3.05, 3.63) is 59.8 Å². The number of aliphatic hydroxyl groups is 1. The van der Waals surface area contributed by atoms with Gasteiger partial charge in [0.15, 0.2) is 11.5 Å². The van der Waals surface area contributed by atoms with Gasteiger partial charge in [-0.15, -0.1) is 0 Å². The Morgan fingerprint density at radius 3 is 2.81 bits per heavy atom. The van der Waals surface area contributed by atoms with Crippen molar-refractivity contribution in [1.82, 2.24) is 15.2 Å². The SMILES string of the molecule is COc1ccc2nccc([C@@H](O)CN3CCC(NCc4ccc5c(c4)OCO5)CC3)c2c1. The highest BCUT2D eigenvalue weighted by atomic mass is 16.7. The highest BCUT2D eigenvalue weighted by molar-refractivity contribution is 5.83. The molecule has 32 heavy (non-hydrogen) atoms. The summed E-state index contributed by atoms with van der Waals surface area (Å²) < 4.78 is 16.2. The summed E-state index contributed by atoms with van der Waals surface area (Å²) in [5, 5.41) is 15.6. The van der Waals surface area contributed by atoms with Gasteiger partial charge in [-0.1, -0.05) is 6.07 Å². The molecule has 2 aliphatic heterocycles. The third kappa shape index (κ3) is 4.50. The van der Waals surface area contributed by atoms with E-state index in [9.17, 15) is 5.11 Å². The first-order valence-electron chi connectivity index (χ1n) is 11.1. The van der Waals surface area contributed by atoms with Crippen molar-refractivity contribution in [2.24, 2.45) is 0 Å². The van der Waals surface area contributed by atoms with E-state index in [1.165, 1.54) is 5.56 Å². The van der Waals surface area contributed by atoms with Crippen LogP contribution in [0.3, 0.4) is 0 Å². The molecule has 0 spiro atoms. The van der Waals surface area contributed by atoms with Gasteiger partial charge in [-0.2, -0.15) is 0 Å². The Morgan fingerprint density at radius 1 is 1.12 bits per heavy atom. The lowest BCUT2D eigenvalue weighted by Crippen LogP contribution is -2.43. The fourth-order valence-corrected chi connectivity index (χ4v) is 4.54. The van der Waals surface area contributed by atoms with Crippen LogP contribution in [-0.2, 0) is 6.54 Å². The van der Waals surface area contributed by atoms with Crippen molar-refractivity contribution in [1.29, 1.82) is 0 Å². The molecule has 7 heteroatoms. The van der Waals surface area contributed by atoms with Crippen LogP contribution in [-0.4, -0.2) is 54.6 Å². The summed E-state index contributed by atoms with van der Waals surface area (Å²) in [6.07, 6.45) is 3.31. The molecule has 0 aliphatic carbocycles. The number of rotatable bonds is 7. The Hall–Kier alpha value is -2.87. The number of methoxy groups -OCH3 is 1. The fourth-order valence-electron chi connectivity index (χ4n) is 4.54. The van der Waals surface area contributed by atoms with Crippen LogP contribution in [0.2, 0.25) is 0 Å². The van der Waals surface area contributed by atoms with Crippen LogP contribution in [0.4, 0.5) is 0 Å². The van der Waals surface area contributed by atoms with E-state index in [4.69, 9.17) is 14.2 Å². The zero-order valence-electron chi connectivity index (χ0n) is 18.3. The van der Waals surface area contributed by atoms with Crippen LogP contribution >= 0.6 is 0 Å². The minimum absolute atomic E-state index is 0.305. The lowest BCUT2D eigenvalue weighted by molar-refractivity contribution is 0.0949. The molecule has 3 heterocycles. The van der Waals surface area contributed by atoms with Gasteiger partial charge >= 0.3 is 0 Å². The molecule has 168 valence electrons. The molecular weight excluding hydrogens is 406 g/mol. The van der Waals surface area contributed by atoms with Gasteiger partial charge in [0.2, 0.25) is 6.79 Å². The topological polar surface area (TPSA) is 76.1 Å². The Labute approximate surface area is 187 Å². The van der Waals surface area contributed by atoms with E-state index in [0.29, 0.717) is 19.4 Å². The number of aliphatic hydroxyl groups excluding tert-OH is 1. The van der Waals surface area contributed by atoms with Gasteiger partial charge in [-0.3, -0.25) is 4.98 Å². The maximum Gasteiger partial charge on any atom is 0.231 e. The van der Waals surface area contributed by atoms with Crippen LogP contribution < -0.4 is 19.5 Å². The van der Waals surface area contributed by atoms with Crippen LogP contribution in [0.25, 0.3) is 10.9 Å². The summed E-state index contributed by atoms with van der Waals surface area (Å²) in [7, 11) is 1.65. The molecule has 1 aromatic heterocycles. The van der Waals surface area contributed by atoms with E-state index >= 15 is 0 Å². The van der Waals surface area contributed by atoms with Crippen LogP contribution in [0.1, 0.15) is 30.1 Å². The van der Waals surface area contributed by atoms with Crippen molar-refractivity contribution in [2.45, 2.75) is 31.5 Å². The average molecular weight is 436 g/mol. The summed E-state index contributed by atoms with van der Waals surface area (Å²) in [4.78, 5) is 6.76. The fraction of sp³-hybridized carbons (Fsp3) is 0.400. The van der Waals surface area contributed by atoms with Crippen LogP contribution in [0.15, 0.2) is 48.7 Å². The van der Waals surface area contributed by atoms with E-state index < -0.39 is 6.10 Å². The highest BCUT2D eigenvalue weighted by Crippen LogP contribution is 2.32. The van der Waals surface area contributed by atoms with Crippen molar-refractivity contribution >= 4 is 10.9 Å². The number of aromatic nitrogens is 1. The Balaban J connectivity index is 1.14. The molecule has 1 fully saturated rings. The summed E-state index contributed by atoms with van der Waals surface area (Å²) in [5.41, 5.74) is 2.97. The molecule has 0 unspecified atom stereocenters. The second-order valence-corrected chi connectivity index (χ2v) is 8.44. The molecule has 1 atom stereocenters. The quantitative estimate of drug-likeness (QED) is 0.590. The number of ether oxygens (including phenoxy) is 3. The number of hydrogen-bond donors (Lipinski definition) is 2. The first-order chi connectivity index (χ1) is 15.7. The van der Waals surface area contributed by atoms with Gasteiger partial charge in [0.05, 0.1) is 18.7 Å². The molecule has 0 amide bonds. The summed E-state index contributed by atoms with van der Waals surface area (Å²) in [6.45, 7) is 3.66. The van der Waals surface area contributed by atoms with Crippen molar-refractivity contribution < 1.29 is 19.3 Å². The number of benzene rings is 2. The molecular formula is C25H29N3O4. The van der Waals surface area contributed by atoms with E-state index in [-0.39, 0.29) is 0 Å². The van der Waals surface area contributed by atoms with Gasteiger partial charge < -0.3 is 29.5 Å². The molecule has 2 aliphatic rings. The van der Waals surface area contributed by atoms with Crippen LogP contribution in [0.5, 0.6) is 17.2 Å². The third-order valence-electron chi connectivity index (χ3n) is 6.39. The molecule has 2 aromatic carbocycles. The van der Waals surface area contributed by atoms with Gasteiger partial charge in [0.1, 0.15) is 5.75 Å². The Kier molecular flexibility index (Phi) is 6.12. The minimum atomic E-state index is -0.564. The Morgan fingerprint density at radius 2 is 1.97 bits per heavy atom. The number of likely N-dealkylation sites (tertiary alicyclic amines) is 1. The average Bonchev–Trinajstić information content (AvgIpc) is 3.31. The number of nitrogens with one attached hydrogen (secondary N) is 1. The smallest absolute Gasteiger partial charge is 0.231 e. The number of pyridine rings is 1. The third-order valence-corrected chi connectivity index (χ3v) is 6.39. The lowest BCUT2D eigenvalue weighted by atomic mass is 10.0. The predicted molar refractivity (Wildman–Crippen MR) is 122 cm³/mol. The molecule has 0 bridgehead atoms. The van der Waals surface area contributed by atoms with Crippen LogP contribution in [0, 0.1) is 0 Å². The van der Waals surface area contributed by atoms with Gasteiger partial charge in [0.25, 0.3) is 0 Å². The van der Waals surface area contributed by atoms with Gasteiger partial charge in [-0.05, 0) is 73.5 Å². The normalized spacial score (nSPS) is 17.6. The second kappa shape index (κ2) is 9.32. The van der Waals surface area contributed by atoms with Crippen molar-refractivity contribution in [3.8, 4) is 17.2 Å². The molecule has 0 saturated carbocycles. The number of hydrogen-bond acceptors (Lipinski definition) is 7. The maximum atomic E-state index is 11.0. The molecule has 2 N–H and O–H groups in total. The zero-order valence-corrected chi connectivity index (χ0v) is 18.3. The monoisotopic (exact) mass is 435 g/mol. The Bertz CT molecular complexity index is 1080. The first-order valence-corrected chi connectivity index (χ1v) is 11.1. The summed E-state index contributed by atoms with van der Waals surface area (Å²) in [5.74, 6) is 2.42. The summed E-state index contributed by atoms with van der Waals surface area (Å²) >= 11 is 0. The first kappa shape index (κ1) is 21.0. The molecule has 3 aromatic rings. The molecule has 7 nitrogen and oxygen atoms in total. The van der Waals surface area contributed by atoms with E-state index in [2.05, 4.69) is 27.3 Å². The predicted octanol–water partition coefficient (Wildman–Crippen LogP) is 3.26. The minimum Gasteiger partial charge on any atom is -0.497 e. The second-order valence-electron chi connectivity index (χ2n) is 8.44. The number of β-amino-alcohol motifs (C(OH)–C–C–N with tert-alkyl or cyclic N) is 1. The van der Waals surface area contributed by atoms with E-state index in [1.807, 2.05) is 30.3 Å². The van der Waals surface area contributed by atoms with Gasteiger partial charge in [0, 0.05) is 30.7 Å². The van der Waals surface area contributed by atoms with Crippen molar-refractivity contribution in [2.75, 3.05) is 33.5 Å². The van der Waals surface area contributed by atoms with E-state index in [1.54, 1.807) is 13.3 Å². The highest BCUT2D eigenvalue weighted by Gasteiger charge is 2.23. The standard InChI is InChI=1S/C25H29N3O4/c1-30-19-3-4-22-21(13-19)20(6-9-26-22)23(29)15-28-10-7-18(8-11-28)27-14-17-2-5-24-25(12-17)32-16-31-24/h2-6,9,12-13,18,23,27,29H,7-8,10-11,14-16H2,1H3/t23-/m0/s1. The zero-order chi connectivity index (χ0) is 21.9. The lowest BCUT2D eigenvalue weighted by Gasteiger charge is -2.33. The maximum absolute atomic E-state index is 11.0. The number of nitrogens with zero attached hydrogens (tertiary/aromatic N) is 2. The number of piperidine rings is 1. The molecule has 1 saturated heterocycles. The molecule has 0 radical (unpaired) electrons. The summed E-state index contributed by atoms with van der Waals surface area (Å²) in [6, 6.07) is 14.3. The van der Waals surface area contributed by atoms with Crippen molar-refractivity contribution in [3.63, 3.8) is 0 Å². The largest absolute Gasteiger partial charge is 0.497 e. The van der Waals surface area contributed by atoms with E-state index in [0.717, 1.165) is 66.2 Å².